The lowest BCUT2D eigenvalue weighted by Gasteiger charge is -2.30. The van der Waals surface area contributed by atoms with E-state index in [4.69, 9.17) is 5.73 Å². The van der Waals surface area contributed by atoms with E-state index in [0.29, 0.717) is 13.0 Å². The molecule has 3 heteroatoms. The topological polar surface area (TPSA) is 46.3 Å². The van der Waals surface area contributed by atoms with Crippen LogP contribution in [0.1, 0.15) is 24.0 Å². The minimum absolute atomic E-state index is 0.158. The van der Waals surface area contributed by atoms with E-state index in [-0.39, 0.29) is 11.9 Å². The summed E-state index contributed by atoms with van der Waals surface area (Å²) in [4.78, 5) is 14.0. The van der Waals surface area contributed by atoms with Crippen LogP contribution >= 0.6 is 0 Å². The van der Waals surface area contributed by atoms with Crippen molar-refractivity contribution < 1.29 is 4.79 Å². The largest absolute Gasteiger partial charge is 0.341 e. The third kappa shape index (κ3) is 3.30. The summed E-state index contributed by atoms with van der Waals surface area (Å²) in [5, 5.41) is 0. The summed E-state index contributed by atoms with van der Waals surface area (Å²) in [5.74, 6) is 0.200. The van der Waals surface area contributed by atoms with E-state index in [2.05, 4.69) is 6.07 Å². The van der Waals surface area contributed by atoms with Gasteiger partial charge in [0.15, 0.2) is 0 Å². The van der Waals surface area contributed by atoms with Crippen molar-refractivity contribution >= 4 is 5.91 Å². The molecule has 0 bridgehead atoms. The van der Waals surface area contributed by atoms with E-state index in [1.807, 2.05) is 30.0 Å². The number of amides is 1. The van der Waals surface area contributed by atoms with Crippen LogP contribution in [0, 0.1) is 6.92 Å². The highest BCUT2D eigenvalue weighted by atomic mass is 16.2. The molecule has 0 aromatic heterocycles. The van der Waals surface area contributed by atoms with Crippen LogP contribution in [0.5, 0.6) is 0 Å². The van der Waals surface area contributed by atoms with Crippen LogP contribution in [0.4, 0.5) is 0 Å². The molecule has 1 heterocycles. The Bertz CT molecular complexity index is 403. The van der Waals surface area contributed by atoms with Gasteiger partial charge in [0, 0.05) is 19.1 Å². The van der Waals surface area contributed by atoms with Crippen LogP contribution in [-0.2, 0) is 11.2 Å². The maximum atomic E-state index is 12.1. The molecule has 1 aliphatic rings. The molecular formula is C14H20N2O. The first-order chi connectivity index (χ1) is 8.15. The number of nitrogens with two attached hydrogens (primary N) is 1. The highest BCUT2D eigenvalue weighted by Crippen LogP contribution is 2.11. The lowest BCUT2D eigenvalue weighted by molar-refractivity contribution is -0.131. The first kappa shape index (κ1) is 12.1. The lowest BCUT2D eigenvalue weighted by atomic mass is 10.0. The van der Waals surface area contributed by atoms with Crippen LogP contribution in [0.25, 0.3) is 0 Å². The van der Waals surface area contributed by atoms with Crippen molar-refractivity contribution in [2.24, 2.45) is 5.73 Å². The van der Waals surface area contributed by atoms with Crippen molar-refractivity contribution in [3.05, 3.63) is 35.4 Å². The predicted molar refractivity (Wildman–Crippen MR) is 68.7 cm³/mol. The number of hydrogen-bond acceptors (Lipinski definition) is 2. The molecule has 1 fully saturated rings. The summed E-state index contributed by atoms with van der Waals surface area (Å²) >= 11 is 0. The average molecular weight is 232 g/mol. The van der Waals surface area contributed by atoms with Gasteiger partial charge in [-0.15, -0.1) is 0 Å². The van der Waals surface area contributed by atoms with Crippen LogP contribution < -0.4 is 5.73 Å². The summed E-state index contributed by atoms with van der Waals surface area (Å²) in [6.45, 7) is 3.62. The molecule has 1 aliphatic heterocycles. The molecule has 2 N–H and O–H groups in total. The zero-order valence-corrected chi connectivity index (χ0v) is 10.4. The van der Waals surface area contributed by atoms with Crippen LogP contribution in [0.3, 0.4) is 0 Å². The van der Waals surface area contributed by atoms with Gasteiger partial charge in [0.1, 0.15) is 0 Å². The average Bonchev–Trinajstić information content (AvgIpc) is 2.29. The highest BCUT2D eigenvalue weighted by molar-refractivity contribution is 5.79. The number of hydrogen-bond donors (Lipinski definition) is 1. The fourth-order valence-electron chi connectivity index (χ4n) is 2.35. The molecule has 1 saturated heterocycles. The van der Waals surface area contributed by atoms with Crippen molar-refractivity contribution in [2.75, 3.05) is 13.1 Å². The second-order valence-corrected chi connectivity index (χ2v) is 4.91. The Morgan fingerprint density at radius 1 is 1.53 bits per heavy atom. The van der Waals surface area contributed by atoms with Crippen molar-refractivity contribution in [1.29, 1.82) is 0 Å². The second-order valence-electron chi connectivity index (χ2n) is 4.91. The van der Waals surface area contributed by atoms with Gasteiger partial charge in [-0.3, -0.25) is 4.79 Å². The minimum atomic E-state index is 0.158. The molecule has 1 unspecified atom stereocenters. The number of nitrogens with zero attached hydrogens (tertiary/aromatic N) is 1. The molecule has 1 aromatic rings. The molecule has 1 amide bonds. The van der Waals surface area contributed by atoms with Gasteiger partial charge in [-0.1, -0.05) is 29.8 Å². The molecule has 3 nitrogen and oxygen atoms in total. The number of carbonyl (C=O) groups is 1. The first-order valence-corrected chi connectivity index (χ1v) is 6.24. The molecule has 0 saturated carbocycles. The molecule has 1 atom stereocenters. The van der Waals surface area contributed by atoms with Crippen molar-refractivity contribution in [3.63, 3.8) is 0 Å². The van der Waals surface area contributed by atoms with Crippen LogP contribution in [-0.4, -0.2) is 29.9 Å². The summed E-state index contributed by atoms with van der Waals surface area (Å²) in [6.07, 6.45) is 2.56. The van der Waals surface area contributed by atoms with Crippen molar-refractivity contribution in [1.82, 2.24) is 4.90 Å². The normalized spacial score (nSPS) is 20.4. The Hall–Kier alpha value is -1.35. The Balaban J connectivity index is 1.96. The molecule has 0 spiro atoms. The van der Waals surface area contributed by atoms with Gasteiger partial charge in [0.25, 0.3) is 0 Å². The third-order valence-electron chi connectivity index (χ3n) is 3.25. The Labute approximate surface area is 103 Å². The van der Waals surface area contributed by atoms with E-state index < -0.39 is 0 Å². The Morgan fingerprint density at radius 3 is 3.06 bits per heavy atom. The summed E-state index contributed by atoms with van der Waals surface area (Å²) < 4.78 is 0. The Morgan fingerprint density at radius 2 is 2.35 bits per heavy atom. The molecule has 0 radical (unpaired) electrons. The summed E-state index contributed by atoms with van der Waals surface area (Å²) in [5.41, 5.74) is 8.18. The van der Waals surface area contributed by atoms with E-state index >= 15 is 0 Å². The fraction of sp³-hybridized carbons (Fsp3) is 0.500. The number of piperidine rings is 1. The summed E-state index contributed by atoms with van der Waals surface area (Å²) in [6, 6.07) is 8.28. The van der Waals surface area contributed by atoms with Gasteiger partial charge in [-0.25, -0.2) is 0 Å². The van der Waals surface area contributed by atoms with Crippen LogP contribution in [0.2, 0.25) is 0 Å². The fourth-order valence-corrected chi connectivity index (χ4v) is 2.35. The van der Waals surface area contributed by atoms with Crippen molar-refractivity contribution in [2.45, 2.75) is 32.2 Å². The highest BCUT2D eigenvalue weighted by Gasteiger charge is 2.20. The Kier molecular flexibility index (Phi) is 3.79. The first-order valence-electron chi connectivity index (χ1n) is 6.24. The maximum absolute atomic E-state index is 12.1. The zero-order chi connectivity index (χ0) is 12.3. The van der Waals surface area contributed by atoms with Gasteiger partial charge in [-0.2, -0.15) is 0 Å². The van der Waals surface area contributed by atoms with E-state index in [0.717, 1.165) is 24.9 Å². The molecule has 2 rings (SSSR count). The SMILES string of the molecule is Cc1cccc(CC(=O)N2CCCC(N)C2)c1. The molecule has 0 aliphatic carbocycles. The van der Waals surface area contributed by atoms with E-state index in [1.54, 1.807) is 0 Å². The van der Waals surface area contributed by atoms with E-state index in [1.165, 1.54) is 5.56 Å². The number of benzene rings is 1. The maximum Gasteiger partial charge on any atom is 0.227 e. The second kappa shape index (κ2) is 5.32. The molecular weight excluding hydrogens is 212 g/mol. The number of carbonyl (C=O) groups excluding carboxylic acids is 1. The van der Waals surface area contributed by atoms with Gasteiger partial charge >= 0.3 is 0 Å². The smallest absolute Gasteiger partial charge is 0.227 e. The van der Waals surface area contributed by atoms with Crippen molar-refractivity contribution in [3.8, 4) is 0 Å². The monoisotopic (exact) mass is 232 g/mol. The zero-order valence-electron chi connectivity index (χ0n) is 10.4. The van der Waals surface area contributed by atoms with Gasteiger partial charge < -0.3 is 10.6 Å². The van der Waals surface area contributed by atoms with Gasteiger partial charge in [0.2, 0.25) is 5.91 Å². The molecule has 92 valence electrons. The molecule has 17 heavy (non-hydrogen) atoms. The molecule has 1 aromatic carbocycles. The number of rotatable bonds is 2. The third-order valence-corrected chi connectivity index (χ3v) is 3.25. The number of aryl methyl sites for hydroxylation is 1. The minimum Gasteiger partial charge on any atom is -0.341 e. The quantitative estimate of drug-likeness (QED) is 0.839. The number of likely N-dealkylation sites (tertiary alicyclic amines) is 1. The predicted octanol–water partition coefficient (Wildman–Crippen LogP) is 1.49. The van der Waals surface area contributed by atoms with E-state index in [9.17, 15) is 4.79 Å². The standard InChI is InChI=1S/C14H20N2O/c1-11-4-2-5-12(8-11)9-14(17)16-7-3-6-13(15)10-16/h2,4-5,8,13H,3,6-7,9-10,15H2,1H3. The lowest BCUT2D eigenvalue weighted by Crippen LogP contribution is -2.46. The summed E-state index contributed by atoms with van der Waals surface area (Å²) in [7, 11) is 0. The van der Waals surface area contributed by atoms with Gasteiger partial charge in [0.05, 0.1) is 6.42 Å². The van der Waals surface area contributed by atoms with Gasteiger partial charge in [-0.05, 0) is 25.3 Å². The van der Waals surface area contributed by atoms with Crippen LogP contribution in [0.15, 0.2) is 24.3 Å².